The van der Waals surface area contributed by atoms with Gasteiger partial charge in [0.1, 0.15) is 11.6 Å². The second kappa shape index (κ2) is 9.20. The van der Waals surface area contributed by atoms with Gasteiger partial charge < -0.3 is 21.1 Å². The van der Waals surface area contributed by atoms with E-state index in [1.54, 1.807) is 20.8 Å². The van der Waals surface area contributed by atoms with Gasteiger partial charge in [-0.15, -0.1) is 0 Å². The fourth-order valence-electron chi connectivity index (χ4n) is 1.51. The highest BCUT2D eigenvalue weighted by Gasteiger charge is 2.23. The van der Waals surface area contributed by atoms with Crippen molar-refractivity contribution in [2.75, 3.05) is 6.54 Å². The number of unbranched alkanes of at least 4 members (excludes halogenated alkanes) is 2. The van der Waals surface area contributed by atoms with Crippen molar-refractivity contribution < 1.29 is 19.1 Å². The molecule has 0 aliphatic rings. The zero-order chi connectivity index (χ0) is 16.5. The molecule has 21 heavy (non-hydrogen) atoms. The van der Waals surface area contributed by atoms with Crippen molar-refractivity contribution in [1.82, 2.24) is 10.6 Å². The minimum atomic E-state index is -0.991. The normalized spacial score (nSPS) is 12.4. The fourth-order valence-corrected chi connectivity index (χ4v) is 1.51. The van der Waals surface area contributed by atoms with E-state index in [0.29, 0.717) is 6.42 Å². The lowest BCUT2D eigenvalue weighted by atomic mass is 10.2. The number of hydrogen-bond donors (Lipinski definition) is 3. The maximum absolute atomic E-state index is 11.6. The molecule has 0 aromatic carbocycles. The van der Waals surface area contributed by atoms with Crippen molar-refractivity contribution in [1.29, 1.82) is 0 Å². The number of carbonyl (C=O) groups is 3. The summed E-state index contributed by atoms with van der Waals surface area (Å²) in [7, 11) is 0. The molecule has 0 rings (SSSR count). The highest BCUT2D eigenvalue weighted by molar-refractivity contribution is 5.85. The van der Waals surface area contributed by atoms with Crippen molar-refractivity contribution in [3.63, 3.8) is 0 Å². The lowest BCUT2D eigenvalue weighted by Crippen LogP contribution is -2.52. The first kappa shape index (κ1) is 19.2. The van der Waals surface area contributed by atoms with Crippen LogP contribution in [0.3, 0.4) is 0 Å². The zero-order valence-corrected chi connectivity index (χ0v) is 13.3. The van der Waals surface area contributed by atoms with E-state index in [-0.39, 0.29) is 12.5 Å². The number of alkyl carbamates (subject to hydrolysis) is 1. The Balaban J connectivity index is 4.23. The van der Waals surface area contributed by atoms with Crippen molar-refractivity contribution >= 4 is 17.9 Å². The van der Waals surface area contributed by atoms with Gasteiger partial charge in [-0.3, -0.25) is 9.59 Å². The lowest BCUT2D eigenvalue weighted by molar-refractivity contribution is -0.122. The quantitative estimate of drug-likeness (QED) is 0.582. The van der Waals surface area contributed by atoms with Crippen molar-refractivity contribution in [3.05, 3.63) is 0 Å². The Bertz CT molecular complexity index is 364. The van der Waals surface area contributed by atoms with Crippen LogP contribution in [0.25, 0.3) is 0 Å². The van der Waals surface area contributed by atoms with Crippen LogP contribution in [0, 0.1) is 0 Å². The smallest absolute Gasteiger partial charge is 0.408 e. The maximum Gasteiger partial charge on any atom is 0.408 e. The SMILES string of the molecule is CCCCCC(=O)NCC(NC(=O)OC(C)(C)C)C(N)=O. The second-order valence-electron chi connectivity index (χ2n) is 5.86. The molecule has 0 radical (unpaired) electrons. The predicted molar refractivity (Wildman–Crippen MR) is 79.5 cm³/mol. The molecule has 0 saturated heterocycles. The molecule has 4 N–H and O–H groups in total. The van der Waals surface area contributed by atoms with Gasteiger partial charge in [-0.05, 0) is 27.2 Å². The summed E-state index contributed by atoms with van der Waals surface area (Å²) in [6.45, 7) is 7.13. The van der Waals surface area contributed by atoms with Crippen molar-refractivity contribution in [2.45, 2.75) is 65.0 Å². The van der Waals surface area contributed by atoms with E-state index in [2.05, 4.69) is 10.6 Å². The first-order valence-corrected chi connectivity index (χ1v) is 7.21. The third-order valence-electron chi connectivity index (χ3n) is 2.55. The summed E-state index contributed by atoms with van der Waals surface area (Å²) in [5.41, 5.74) is 4.53. The number of amides is 3. The molecule has 0 aliphatic heterocycles. The summed E-state index contributed by atoms with van der Waals surface area (Å²) < 4.78 is 5.03. The third-order valence-corrected chi connectivity index (χ3v) is 2.55. The molecule has 7 nitrogen and oxygen atoms in total. The minimum Gasteiger partial charge on any atom is -0.444 e. The monoisotopic (exact) mass is 301 g/mol. The molecule has 3 amide bonds. The topological polar surface area (TPSA) is 111 Å². The van der Waals surface area contributed by atoms with Gasteiger partial charge >= 0.3 is 6.09 Å². The van der Waals surface area contributed by atoms with Crippen LogP contribution in [-0.4, -0.2) is 36.1 Å². The number of hydrogen-bond acceptors (Lipinski definition) is 4. The van der Waals surface area contributed by atoms with Crippen molar-refractivity contribution in [2.24, 2.45) is 5.73 Å². The van der Waals surface area contributed by atoms with E-state index in [9.17, 15) is 14.4 Å². The van der Waals surface area contributed by atoms with Gasteiger partial charge in [0.05, 0.1) is 0 Å². The summed E-state index contributed by atoms with van der Waals surface area (Å²) in [5.74, 6) is -0.893. The van der Waals surface area contributed by atoms with Gasteiger partial charge in [0.15, 0.2) is 0 Å². The highest BCUT2D eigenvalue weighted by Crippen LogP contribution is 2.06. The summed E-state index contributed by atoms with van der Waals surface area (Å²) in [4.78, 5) is 34.4. The number of ether oxygens (including phenoxy) is 1. The molecular weight excluding hydrogens is 274 g/mol. The summed E-state index contributed by atoms with van der Waals surface area (Å²) in [6, 6.07) is -0.991. The van der Waals surface area contributed by atoms with E-state index in [0.717, 1.165) is 19.3 Å². The Morgan fingerprint density at radius 3 is 2.29 bits per heavy atom. The summed E-state index contributed by atoms with van der Waals surface area (Å²) >= 11 is 0. The summed E-state index contributed by atoms with van der Waals surface area (Å²) in [6.07, 6.45) is 2.45. The molecule has 0 aromatic rings. The number of carbonyl (C=O) groups excluding carboxylic acids is 3. The van der Waals surface area contributed by atoms with Crippen molar-refractivity contribution in [3.8, 4) is 0 Å². The van der Waals surface area contributed by atoms with E-state index in [1.807, 2.05) is 6.92 Å². The van der Waals surface area contributed by atoms with E-state index in [4.69, 9.17) is 10.5 Å². The van der Waals surface area contributed by atoms with Crippen LogP contribution in [0.1, 0.15) is 53.4 Å². The van der Waals surface area contributed by atoms with Crippen LogP contribution in [-0.2, 0) is 14.3 Å². The molecule has 7 heteroatoms. The average molecular weight is 301 g/mol. The highest BCUT2D eigenvalue weighted by atomic mass is 16.6. The van der Waals surface area contributed by atoms with Crippen LogP contribution in [0.15, 0.2) is 0 Å². The van der Waals surface area contributed by atoms with Crippen LogP contribution >= 0.6 is 0 Å². The third kappa shape index (κ3) is 10.6. The Labute approximate surface area is 126 Å². The Morgan fingerprint density at radius 1 is 1.19 bits per heavy atom. The van der Waals surface area contributed by atoms with Gasteiger partial charge in [0.2, 0.25) is 11.8 Å². The van der Waals surface area contributed by atoms with E-state index in [1.165, 1.54) is 0 Å². The maximum atomic E-state index is 11.6. The van der Waals surface area contributed by atoms with Crippen LogP contribution in [0.2, 0.25) is 0 Å². The molecule has 0 spiro atoms. The Kier molecular flexibility index (Phi) is 8.42. The molecule has 0 heterocycles. The van der Waals surface area contributed by atoms with Crippen LogP contribution in [0.5, 0.6) is 0 Å². The molecule has 122 valence electrons. The molecule has 0 bridgehead atoms. The van der Waals surface area contributed by atoms with Gasteiger partial charge in [-0.1, -0.05) is 19.8 Å². The molecule has 1 atom stereocenters. The molecule has 0 fully saturated rings. The van der Waals surface area contributed by atoms with Crippen LogP contribution in [0.4, 0.5) is 4.79 Å². The van der Waals surface area contributed by atoms with Gasteiger partial charge in [0.25, 0.3) is 0 Å². The van der Waals surface area contributed by atoms with Gasteiger partial charge in [-0.2, -0.15) is 0 Å². The number of primary amides is 1. The Hall–Kier alpha value is -1.79. The molecule has 0 saturated carbocycles. The molecule has 0 aromatic heterocycles. The standard InChI is InChI=1S/C14H27N3O4/c1-5-6-7-8-11(18)16-9-10(12(15)19)17-13(20)21-14(2,3)4/h10H,5-9H2,1-4H3,(H2,15,19)(H,16,18)(H,17,20). The number of nitrogens with one attached hydrogen (secondary N) is 2. The largest absolute Gasteiger partial charge is 0.444 e. The van der Waals surface area contributed by atoms with E-state index < -0.39 is 23.6 Å². The number of nitrogens with two attached hydrogens (primary N) is 1. The fraction of sp³-hybridized carbons (Fsp3) is 0.786. The van der Waals surface area contributed by atoms with Gasteiger partial charge in [-0.25, -0.2) is 4.79 Å². The average Bonchev–Trinajstić information content (AvgIpc) is 2.32. The lowest BCUT2D eigenvalue weighted by Gasteiger charge is -2.22. The van der Waals surface area contributed by atoms with Gasteiger partial charge in [0, 0.05) is 13.0 Å². The first-order valence-electron chi connectivity index (χ1n) is 7.21. The second-order valence-corrected chi connectivity index (χ2v) is 5.86. The Morgan fingerprint density at radius 2 is 1.81 bits per heavy atom. The molecular formula is C14H27N3O4. The predicted octanol–water partition coefficient (Wildman–Crippen LogP) is 1.06. The van der Waals surface area contributed by atoms with E-state index >= 15 is 0 Å². The summed E-state index contributed by atoms with van der Waals surface area (Å²) in [5, 5.41) is 4.93. The zero-order valence-electron chi connectivity index (χ0n) is 13.3. The number of rotatable bonds is 8. The van der Waals surface area contributed by atoms with Crippen LogP contribution < -0.4 is 16.4 Å². The molecule has 0 aliphatic carbocycles. The first-order chi connectivity index (χ1) is 9.65. The minimum absolute atomic E-state index is 0.0421. The molecule has 1 unspecified atom stereocenters.